The van der Waals surface area contributed by atoms with Crippen LogP contribution >= 0.6 is 0 Å². The Kier molecular flexibility index (Phi) is 6.41. The molecule has 0 radical (unpaired) electrons. The van der Waals surface area contributed by atoms with Crippen molar-refractivity contribution in [1.29, 1.82) is 0 Å². The molecule has 0 amide bonds. The summed E-state index contributed by atoms with van der Waals surface area (Å²) >= 11 is 0. The summed E-state index contributed by atoms with van der Waals surface area (Å²) in [6.45, 7) is 3.70. The number of aromatic nitrogens is 3. The third kappa shape index (κ3) is 4.76. The number of furan rings is 1. The van der Waals surface area contributed by atoms with Crippen LogP contribution in [-0.2, 0) is 6.42 Å². The number of likely N-dealkylation sites (tertiary alicyclic amines) is 1. The molecule has 2 N–H and O–H groups in total. The average Bonchev–Trinajstić information content (AvgIpc) is 3.44. The van der Waals surface area contributed by atoms with E-state index in [0.29, 0.717) is 0 Å². The number of guanidine groups is 1. The number of fused-ring (bicyclic) bond motifs is 1. The molecule has 1 atom stereocenters. The molecule has 29 heavy (non-hydrogen) atoms. The summed E-state index contributed by atoms with van der Waals surface area (Å²) < 4.78 is 7.74. The Labute approximate surface area is 171 Å². The van der Waals surface area contributed by atoms with E-state index in [9.17, 15) is 0 Å². The zero-order valence-corrected chi connectivity index (χ0v) is 16.9. The van der Waals surface area contributed by atoms with Gasteiger partial charge in [-0.2, -0.15) is 0 Å². The maximum absolute atomic E-state index is 5.73. The standard InChI is InChI=1S/C21H29N7O/c1-22-21(23-11-10-20-26-25-19-9-3-6-14-28(19)20)24-16-17(18-8-7-15-29-18)27-12-4-2-5-13-27/h3,6-9,14-15,17H,2,4-5,10-13,16H2,1H3,(H2,22,23,24). The number of rotatable bonds is 7. The molecule has 3 aromatic rings. The van der Waals surface area contributed by atoms with E-state index in [0.717, 1.165) is 55.8 Å². The van der Waals surface area contributed by atoms with Crippen LogP contribution in [0.5, 0.6) is 0 Å². The van der Waals surface area contributed by atoms with E-state index >= 15 is 0 Å². The molecule has 1 unspecified atom stereocenters. The molecule has 8 nitrogen and oxygen atoms in total. The number of aliphatic imine (C=N–C) groups is 1. The predicted molar refractivity (Wildman–Crippen MR) is 113 cm³/mol. The number of nitrogens with one attached hydrogen (secondary N) is 2. The van der Waals surface area contributed by atoms with Crippen LogP contribution in [0, 0.1) is 0 Å². The fourth-order valence-electron chi connectivity index (χ4n) is 3.89. The highest BCUT2D eigenvalue weighted by Crippen LogP contribution is 2.24. The van der Waals surface area contributed by atoms with Crippen molar-refractivity contribution < 1.29 is 4.42 Å². The summed E-state index contributed by atoms with van der Waals surface area (Å²) in [7, 11) is 1.80. The Morgan fingerprint density at radius 1 is 1.14 bits per heavy atom. The fraction of sp³-hybridized carbons (Fsp3) is 0.476. The maximum Gasteiger partial charge on any atom is 0.191 e. The highest BCUT2D eigenvalue weighted by Gasteiger charge is 2.24. The van der Waals surface area contributed by atoms with Crippen molar-refractivity contribution in [2.45, 2.75) is 31.7 Å². The number of hydrogen-bond acceptors (Lipinski definition) is 5. The van der Waals surface area contributed by atoms with Gasteiger partial charge in [-0.1, -0.05) is 12.5 Å². The van der Waals surface area contributed by atoms with Crippen molar-refractivity contribution >= 4 is 11.6 Å². The average molecular weight is 396 g/mol. The van der Waals surface area contributed by atoms with Gasteiger partial charge >= 0.3 is 0 Å². The Morgan fingerprint density at radius 2 is 2.03 bits per heavy atom. The highest BCUT2D eigenvalue weighted by molar-refractivity contribution is 5.79. The fourth-order valence-corrected chi connectivity index (χ4v) is 3.89. The van der Waals surface area contributed by atoms with Gasteiger partial charge in [-0.25, -0.2) is 0 Å². The van der Waals surface area contributed by atoms with Crippen molar-refractivity contribution in [2.75, 3.05) is 33.2 Å². The lowest BCUT2D eigenvalue weighted by atomic mass is 10.1. The molecule has 154 valence electrons. The monoisotopic (exact) mass is 395 g/mol. The summed E-state index contributed by atoms with van der Waals surface area (Å²) in [4.78, 5) is 6.88. The van der Waals surface area contributed by atoms with E-state index in [4.69, 9.17) is 4.42 Å². The summed E-state index contributed by atoms with van der Waals surface area (Å²) in [5.41, 5.74) is 0.868. The van der Waals surface area contributed by atoms with Gasteiger partial charge in [0.25, 0.3) is 0 Å². The molecule has 8 heteroatoms. The van der Waals surface area contributed by atoms with Gasteiger partial charge in [0.05, 0.1) is 12.3 Å². The SMILES string of the molecule is CN=C(NCCc1nnc2ccccn12)NCC(c1ccco1)N1CCCCC1. The molecular weight excluding hydrogens is 366 g/mol. The molecule has 0 aromatic carbocycles. The molecule has 0 spiro atoms. The number of pyridine rings is 1. The first kappa shape index (κ1) is 19.4. The molecular formula is C21H29N7O. The molecule has 4 rings (SSSR count). The second-order valence-electron chi connectivity index (χ2n) is 7.30. The van der Waals surface area contributed by atoms with Gasteiger partial charge in [-0.15, -0.1) is 10.2 Å². The second kappa shape index (κ2) is 9.56. The molecule has 0 aliphatic carbocycles. The van der Waals surface area contributed by atoms with Crippen molar-refractivity contribution in [3.8, 4) is 0 Å². The van der Waals surface area contributed by atoms with E-state index in [1.807, 2.05) is 34.9 Å². The van der Waals surface area contributed by atoms with E-state index in [1.54, 1.807) is 13.3 Å². The molecule has 1 aliphatic rings. The van der Waals surface area contributed by atoms with Crippen LogP contribution in [0.15, 0.2) is 52.2 Å². The van der Waals surface area contributed by atoms with Crippen molar-refractivity contribution in [3.05, 3.63) is 54.4 Å². The molecule has 0 saturated carbocycles. The summed E-state index contributed by atoms with van der Waals surface area (Å²) in [5.74, 6) is 2.72. The van der Waals surface area contributed by atoms with Crippen LogP contribution in [0.1, 0.15) is 36.9 Å². The molecule has 3 aromatic heterocycles. The molecule has 1 fully saturated rings. The van der Waals surface area contributed by atoms with Gasteiger partial charge in [0.15, 0.2) is 11.6 Å². The first-order chi connectivity index (χ1) is 14.3. The molecule has 1 aliphatic heterocycles. The smallest absolute Gasteiger partial charge is 0.191 e. The van der Waals surface area contributed by atoms with Gasteiger partial charge in [0, 0.05) is 32.8 Å². The lowest BCUT2D eigenvalue weighted by Crippen LogP contribution is -2.44. The van der Waals surface area contributed by atoms with E-state index in [1.165, 1.54) is 19.3 Å². The lowest BCUT2D eigenvalue weighted by Gasteiger charge is -2.33. The third-order valence-electron chi connectivity index (χ3n) is 5.41. The number of piperidine rings is 1. The van der Waals surface area contributed by atoms with E-state index < -0.39 is 0 Å². The largest absolute Gasteiger partial charge is 0.468 e. The quantitative estimate of drug-likeness (QED) is 0.472. The highest BCUT2D eigenvalue weighted by atomic mass is 16.3. The van der Waals surface area contributed by atoms with Crippen molar-refractivity contribution in [3.63, 3.8) is 0 Å². The van der Waals surface area contributed by atoms with Crippen molar-refractivity contribution in [2.24, 2.45) is 4.99 Å². The Bertz CT molecular complexity index is 912. The second-order valence-corrected chi connectivity index (χ2v) is 7.30. The summed E-state index contributed by atoms with van der Waals surface area (Å²) in [5, 5.41) is 15.3. The Hall–Kier alpha value is -2.87. The summed E-state index contributed by atoms with van der Waals surface area (Å²) in [6.07, 6.45) is 8.31. The lowest BCUT2D eigenvalue weighted by molar-refractivity contribution is 0.146. The van der Waals surface area contributed by atoms with Crippen molar-refractivity contribution in [1.82, 2.24) is 30.1 Å². The first-order valence-electron chi connectivity index (χ1n) is 10.4. The Balaban J connectivity index is 1.32. The van der Waals surface area contributed by atoms with Gasteiger partial charge in [-0.3, -0.25) is 14.3 Å². The number of hydrogen-bond donors (Lipinski definition) is 2. The van der Waals surface area contributed by atoms with Crippen LogP contribution in [-0.4, -0.2) is 58.7 Å². The minimum Gasteiger partial charge on any atom is -0.468 e. The first-order valence-corrected chi connectivity index (χ1v) is 10.4. The van der Waals surface area contributed by atoms with Gasteiger partial charge in [-0.05, 0) is 50.2 Å². The Morgan fingerprint density at radius 3 is 2.83 bits per heavy atom. The van der Waals surface area contributed by atoms with Gasteiger partial charge in [0.1, 0.15) is 11.6 Å². The van der Waals surface area contributed by atoms with E-state index in [2.05, 4.69) is 36.8 Å². The van der Waals surface area contributed by atoms with Crippen LogP contribution in [0.2, 0.25) is 0 Å². The third-order valence-corrected chi connectivity index (χ3v) is 5.41. The number of nitrogens with zero attached hydrogens (tertiary/aromatic N) is 5. The topological polar surface area (TPSA) is 83.0 Å². The molecule has 4 heterocycles. The van der Waals surface area contributed by atoms with Gasteiger partial charge < -0.3 is 15.1 Å². The summed E-state index contributed by atoms with van der Waals surface area (Å²) in [6, 6.07) is 10.2. The van der Waals surface area contributed by atoms with Crippen LogP contribution in [0.3, 0.4) is 0 Å². The van der Waals surface area contributed by atoms with Gasteiger partial charge in [0.2, 0.25) is 0 Å². The zero-order valence-electron chi connectivity index (χ0n) is 16.9. The predicted octanol–water partition coefficient (Wildman–Crippen LogP) is 2.26. The van der Waals surface area contributed by atoms with Crippen LogP contribution in [0.4, 0.5) is 0 Å². The van der Waals surface area contributed by atoms with E-state index in [-0.39, 0.29) is 6.04 Å². The zero-order chi connectivity index (χ0) is 19.9. The normalized spacial score (nSPS) is 16.8. The minimum atomic E-state index is 0.212. The molecule has 1 saturated heterocycles. The van der Waals surface area contributed by atoms with Crippen LogP contribution in [0.25, 0.3) is 5.65 Å². The molecule has 0 bridgehead atoms. The minimum absolute atomic E-state index is 0.212. The maximum atomic E-state index is 5.73. The van der Waals surface area contributed by atoms with Crippen LogP contribution < -0.4 is 10.6 Å².